The first kappa shape index (κ1) is 10.8. The van der Waals surface area contributed by atoms with Gasteiger partial charge < -0.3 is 14.8 Å². The van der Waals surface area contributed by atoms with Crippen LogP contribution in [0.1, 0.15) is 23.2 Å². The van der Waals surface area contributed by atoms with Crippen LogP contribution in [-0.4, -0.2) is 26.2 Å². The van der Waals surface area contributed by atoms with E-state index in [1.54, 1.807) is 32.4 Å². The highest BCUT2D eigenvalue weighted by Gasteiger charge is 2.25. The molecule has 0 unspecified atom stereocenters. The highest BCUT2D eigenvalue weighted by Crippen LogP contribution is 2.31. The molecule has 1 aromatic rings. The molecule has 0 atom stereocenters. The molecular formula is C12H15NO3. The molecular weight excluding hydrogens is 206 g/mol. The summed E-state index contributed by atoms with van der Waals surface area (Å²) in [7, 11) is 3.17. The van der Waals surface area contributed by atoms with E-state index in [2.05, 4.69) is 5.32 Å². The first-order valence-corrected chi connectivity index (χ1v) is 5.31. The smallest absolute Gasteiger partial charge is 0.254 e. The molecule has 1 fully saturated rings. The summed E-state index contributed by atoms with van der Waals surface area (Å²) in [6, 6.07) is 5.27. The van der Waals surface area contributed by atoms with Gasteiger partial charge in [-0.3, -0.25) is 4.79 Å². The summed E-state index contributed by atoms with van der Waals surface area (Å²) in [5.41, 5.74) is 0.522. The standard InChI is InChI=1S/C12H15NO3/c1-13-12(14)10-7-9(15-2)5-6-11(10)16-8-3-4-8/h5-8H,3-4H2,1-2H3,(H,13,14). The van der Waals surface area contributed by atoms with Crippen molar-refractivity contribution < 1.29 is 14.3 Å². The molecule has 1 amide bonds. The Kier molecular flexibility index (Phi) is 2.99. The Balaban J connectivity index is 2.29. The number of amides is 1. The van der Waals surface area contributed by atoms with Gasteiger partial charge in [-0.2, -0.15) is 0 Å². The average molecular weight is 221 g/mol. The lowest BCUT2D eigenvalue weighted by molar-refractivity contribution is 0.0958. The molecule has 4 heteroatoms. The Morgan fingerprint density at radius 3 is 2.75 bits per heavy atom. The SMILES string of the molecule is CNC(=O)c1cc(OC)ccc1OC1CC1. The van der Waals surface area contributed by atoms with Gasteiger partial charge in [0.2, 0.25) is 0 Å². The maximum Gasteiger partial charge on any atom is 0.254 e. The van der Waals surface area contributed by atoms with Gasteiger partial charge in [0, 0.05) is 7.05 Å². The fourth-order valence-electron chi connectivity index (χ4n) is 1.42. The second-order valence-corrected chi connectivity index (χ2v) is 3.76. The molecule has 0 aromatic heterocycles. The zero-order chi connectivity index (χ0) is 11.5. The van der Waals surface area contributed by atoms with Crippen molar-refractivity contribution in [2.75, 3.05) is 14.2 Å². The number of benzene rings is 1. The summed E-state index contributed by atoms with van der Waals surface area (Å²) in [5, 5.41) is 2.59. The topological polar surface area (TPSA) is 47.6 Å². The number of carbonyl (C=O) groups is 1. The summed E-state index contributed by atoms with van der Waals surface area (Å²) in [5.74, 6) is 1.12. The van der Waals surface area contributed by atoms with Crippen LogP contribution in [0, 0.1) is 0 Å². The Morgan fingerprint density at radius 1 is 1.44 bits per heavy atom. The first-order valence-electron chi connectivity index (χ1n) is 5.31. The second kappa shape index (κ2) is 4.43. The summed E-state index contributed by atoms with van der Waals surface area (Å²) >= 11 is 0. The molecule has 4 nitrogen and oxygen atoms in total. The number of methoxy groups -OCH3 is 1. The first-order chi connectivity index (χ1) is 7.74. The van der Waals surface area contributed by atoms with Crippen LogP contribution in [0.3, 0.4) is 0 Å². The highest BCUT2D eigenvalue weighted by molar-refractivity contribution is 5.97. The molecule has 0 spiro atoms. The van der Waals surface area contributed by atoms with Crippen molar-refractivity contribution in [3.8, 4) is 11.5 Å². The van der Waals surface area contributed by atoms with Gasteiger partial charge in [0.1, 0.15) is 11.5 Å². The van der Waals surface area contributed by atoms with E-state index in [9.17, 15) is 4.79 Å². The number of ether oxygens (including phenoxy) is 2. The molecule has 0 bridgehead atoms. The number of hydrogen-bond acceptors (Lipinski definition) is 3. The Bertz CT molecular complexity index is 399. The van der Waals surface area contributed by atoms with Crippen molar-refractivity contribution in [2.24, 2.45) is 0 Å². The van der Waals surface area contributed by atoms with E-state index >= 15 is 0 Å². The van der Waals surface area contributed by atoms with Crippen LogP contribution < -0.4 is 14.8 Å². The van der Waals surface area contributed by atoms with Gasteiger partial charge >= 0.3 is 0 Å². The molecule has 16 heavy (non-hydrogen) atoms. The quantitative estimate of drug-likeness (QED) is 0.840. The molecule has 1 saturated carbocycles. The third-order valence-electron chi connectivity index (χ3n) is 2.48. The lowest BCUT2D eigenvalue weighted by Gasteiger charge is -2.11. The van der Waals surface area contributed by atoms with E-state index in [1.165, 1.54) is 0 Å². The molecule has 0 aliphatic heterocycles. The lowest BCUT2D eigenvalue weighted by atomic mass is 10.1. The van der Waals surface area contributed by atoms with Crippen molar-refractivity contribution in [1.82, 2.24) is 5.32 Å². The van der Waals surface area contributed by atoms with Crippen molar-refractivity contribution >= 4 is 5.91 Å². The monoisotopic (exact) mass is 221 g/mol. The van der Waals surface area contributed by atoms with Gasteiger partial charge in [-0.05, 0) is 31.0 Å². The maximum atomic E-state index is 11.7. The van der Waals surface area contributed by atoms with E-state index in [0.29, 0.717) is 17.1 Å². The average Bonchev–Trinajstić information content (AvgIpc) is 3.12. The molecule has 0 saturated heterocycles. The van der Waals surface area contributed by atoms with E-state index in [1.807, 2.05) is 0 Å². The van der Waals surface area contributed by atoms with Gasteiger partial charge in [0.15, 0.2) is 0 Å². The Morgan fingerprint density at radius 2 is 2.19 bits per heavy atom. The van der Waals surface area contributed by atoms with Crippen LogP contribution in [0.25, 0.3) is 0 Å². The van der Waals surface area contributed by atoms with Crippen molar-refractivity contribution in [2.45, 2.75) is 18.9 Å². The van der Waals surface area contributed by atoms with Crippen LogP contribution >= 0.6 is 0 Å². The third-order valence-corrected chi connectivity index (χ3v) is 2.48. The molecule has 1 N–H and O–H groups in total. The predicted octanol–water partition coefficient (Wildman–Crippen LogP) is 1.60. The van der Waals surface area contributed by atoms with Crippen molar-refractivity contribution in [1.29, 1.82) is 0 Å². The zero-order valence-corrected chi connectivity index (χ0v) is 9.45. The Hall–Kier alpha value is -1.71. The second-order valence-electron chi connectivity index (χ2n) is 3.76. The molecule has 1 aliphatic carbocycles. The van der Waals surface area contributed by atoms with E-state index < -0.39 is 0 Å². The zero-order valence-electron chi connectivity index (χ0n) is 9.45. The van der Waals surface area contributed by atoms with E-state index in [0.717, 1.165) is 12.8 Å². The summed E-state index contributed by atoms with van der Waals surface area (Å²) < 4.78 is 10.8. The summed E-state index contributed by atoms with van der Waals surface area (Å²) in [4.78, 5) is 11.7. The number of hydrogen-bond donors (Lipinski definition) is 1. The van der Waals surface area contributed by atoms with Gasteiger partial charge in [-0.1, -0.05) is 0 Å². The number of nitrogens with one attached hydrogen (secondary N) is 1. The number of carbonyl (C=O) groups excluding carboxylic acids is 1. The van der Waals surface area contributed by atoms with E-state index in [4.69, 9.17) is 9.47 Å². The summed E-state index contributed by atoms with van der Waals surface area (Å²) in [6.45, 7) is 0. The van der Waals surface area contributed by atoms with Crippen LogP contribution in [0.5, 0.6) is 11.5 Å². The Labute approximate surface area is 94.6 Å². The van der Waals surface area contributed by atoms with Crippen LogP contribution in [-0.2, 0) is 0 Å². The minimum Gasteiger partial charge on any atom is -0.497 e. The maximum absolute atomic E-state index is 11.7. The van der Waals surface area contributed by atoms with Crippen molar-refractivity contribution in [3.05, 3.63) is 23.8 Å². The highest BCUT2D eigenvalue weighted by atomic mass is 16.5. The van der Waals surface area contributed by atoms with Gasteiger partial charge in [-0.25, -0.2) is 0 Å². The lowest BCUT2D eigenvalue weighted by Crippen LogP contribution is -2.19. The van der Waals surface area contributed by atoms with Crippen molar-refractivity contribution in [3.63, 3.8) is 0 Å². The fraction of sp³-hybridized carbons (Fsp3) is 0.417. The van der Waals surface area contributed by atoms with Gasteiger partial charge in [-0.15, -0.1) is 0 Å². The molecule has 2 rings (SSSR count). The fourth-order valence-corrected chi connectivity index (χ4v) is 1.42. The minimum absolute atomic E-state index is 0.158. The molecule has 1 aromatic carbocycles. The summed E-state index contributed by atoms with van der Waals surface area (Å²) in [6.07, 6.45) is 2.41. The van der Waals surface area contributed by atoms with Crippen LogP contribution in [0.4, 0.5) is 0 Å². The minimum atomic E-state index is -0.158. The molecule has 1 aliphatic rings. The molecule has 0 heterocycles. The predicted molar refractivity (Wildman–Crippen MR) is 60.0 cm³/mol. The number of rotatable bonds is 4. The van der Waals surface area contributed by atoms with Gasteiger partial charge in [0.25, 0.3) is 5.91 Å². The molecule has 0 radical (unpaired) electrons. The van der Waals surface area contributed by atoms with Gasteiger partial charge in [0.05, 0.1) is 18.8 Å². The third kappa shape index (κ3) is 2.27. The van der Waals surface area contributed by atoms with Crippen LogP contribution in [0.15, 0.2) is 18.2 Å². The van der Waals surface area contributed by atoms with E-state index in [-0.39, 0.29) is 12.0 Å². The van der Waals surface area contributed by atoms with Crippen LogP contribution in [0.2, 0.25) is 0 Å². The largest absolute Gasteiger partial charge is 0.497 e. The molecule has 86 valence electrons. The normalized spacial score (nSPS) is 14.4.